The van der Waals surface area contributed by atoms with Crippen molar-refractivity contribution in [3.05, 3.63) is 53.6 Å². The van der Waals surface area contributed by atoms with Gasteiger partial charge in [0.15, 0.2) is 0 Å². The monoisotopic (exact) mass is 302 g/mol. The normalized spacial score (nSPS) is 13.3. The molecule has 2 rings (SSSR count). The number of methoxy groups -OCH3 is 3. The highest BCUT2D eigenvalue weighted by Gasteiger charge is 2.20. The van der Waals surface area contributed by atoms with Crippen LogP contribution in [0.4, 0.5) is 0 Å². The van der Waals surface area contributed by atoms with Gasteiger partial charge in [0.25, 0.3) is 0 Å². The lowest BCUT2D eigenvalue weighted by Gasteiger charge is -2.21. The molecule has 22 heavy (non-hydrogen) atoms. The standard InChI is InChI=1S/C18H22O4/c1-12(13-5-7-15(20-2)8-6-13)18(19)14-9-16(21-3)11-17(10-14)22-4/h5-12,18-19H,1-4H3. The van der Waals surface area contributed by atoms with Crippen LogP contribution in [0.3, 0.4) is 0 Å². The first-order valence-corrected chi connectivity index (χ1v) is 7.14. The Kier molecular flexibility index (Phi) is 5.28. The summed E-state index contributed by atoms with van der Waals surface area (Å²) in [6.45, 7) is 1.98. The van der Waals surface area contributed by atoms with E-state index in [0.717, 1.165) is 16.9 Å². The van der Waals surface area contributed by atoms with Crippen LogP contribution in [0.1, 0.15) is 30.1 Å². The SMILES string of the molecule is COc1ccc(C(C)C(O)c2cc(OC)cc(OC)c2)cc1. The lowest BCUT2D eigenvalue weighted by atomic mass is 9.90. The summed E-state index contributed by atoms with van der Waals surface area (Å²) in [5.74, 6) is 2.06. The molecule has 2 aromatic rings. The third-order valence-electron chi connectivity index (χ3n) is 3.83. The second kappa shape index (κ2) is 7.18. The van der Waals surface area contributed by atoms with Gasteiger partial charge >= 0.3 is 0 Å². The lowest BCUT2D eigenvalue weighted by Crippen LogP contribution is -2.08. The van der Waals surface area contributed by atoms with Gasteiger partial charge in [0.05, 0.1) is 27.4 Å². The molecule has 0 amide bonds. The highest BCUT2D eigenvalue weighted by Crippen LogP contribution is 2.35. The summed E-state index contributed by atoms with van der Waals surface area (Å²) in [5, 5.41) is 10.7. The Morgan fingerprint density at radius 2 is 1.23 bits per heavy atom. The Morgan fingerprint density at radius 1 is 0.727 bits per heavy atom. The van der Waals surface area contributed by atoms with Gasteiger partial charge in [0, 0.05) is 12.0 Å². The molecule has 2 aromatic carbocycles. The van der Waals surface area contributed by atoms with Crippen molar-refractivity contribution < 1.29 is 19.3 Å². The van der Waals surface area contributed by atoms with Crippen LogP contribution in [0.5, 0.6) is 17.2 Å². The Bertz CT molecular complexity index is 585. The molecule has 118 valence electrons. The van der Waals surface area contributed by atoms with Gasteiger partial charge in [0.2, 0.25) is 0 Å². The third-order valence-corrected chi connectivity index (χ3v) is 3.83. The molecule has 2 unspecified atom stereocenters. The maximum absolute atomic E-state index is 10.7. The van der Waals surface area contributed by atoms with Crippen LogP contribution in [-0.4, -0.2) is 26.4 Å². The fourth-order valence-electron chi connectivity index (χ4n) is 2.38. The van der Waals surface area contributed by atoms with Crippen molar-refractivity contribution in [2.75, 3.05) is 21.3 Å². The van der Waals surface area contributed by atoms with Crippen LogP contribution in [-0.2, 0) is 0 Å². The number of benzene rings is 2. The molecule has 0 heterocycles. The highest BCUT2D eigenvalue weighted by atomic mass is 16.5. The maximum Gasteiger partial charge on any atom is 0.122 e. The van der Waals surface area contributed by atoms with Gasteiger partial charge in [-0.3, -0.25) is 0 Å². The molecule has 1 N–H and O–H groups in total. The van der Waals surface area contributed by atoms with Crippen LogP contribution >= 0.6 is 0 Å². The smallest absolute Gasteiger partial charge is 0.122 e. The second-order valence-electron chi connectivity index (χ2n) is 5.15. The summed E-state index contributed by atoms with van der Waals surface area (Å²) in [4.78, 5) is 0. The van der Waals surface area contributed by atoms with Crippen molar-refractivity contribution in [1.29, 1.82) is 0 Å². The molecule has 0 spiro atoms. The zero-order chi connectivity index (χ0) is 16.1. The molecule has 4 nitrogen and oxygen atoms in total. The summed E-state index contributed by atoms with van der Waals surface area (Å²) in [6, 6.07) is 13.2. The van der Waals surface area contributed by atoms with Gasteiger partial charge in [-0.2, -0.15) is 0 Å². The van der Waals surface area contributed by atoms with E-state index in [4.69, 9.17) is 14.2 Å². The number of aliphatic hydroxyl groups excluding tert-OH is 1. The minimum atomic E-state index is -0.655. The first-order valence-electron chi connectivity index (χ1n) is 7.14. The molecule has 0 saturated carbocycles. The second-order valence-corrected chi connectivity index (χ2v) is 5.15. The van der Waals surface area contributed by atoms with Crippen molar-refractivity contribution in [3.63, 3.8) is 0 Å². The fraction of sp³-hybridized carbons (Fsp3) is 0.333. The quantitative estimate of drug-likeness (QED) is 0.886. The van der Waals surface area contributed by atoms with Crippen LogP contribution in [0.25, 0.3) is 0 Å². The number of ether oxygens (including phenoxy) is 3. The van der Waals surface area contributed by atoms with E-state index < -0.39 is 6.10 Å². The predicted octanol–water partition coefficient (Wildman–Crippen LogP) is 3.55. The average Bonchev–Trinajstić information content (AvgIpc) is 2.59. The number of aliphatic hydroxyl groups is 1. The van der Waals surface area contributed by atoms with E-state index in [1.165, 1.54) is 0 Å². The molecule has 2 atom stereocenters. The van der Waals surface area contributed by atoms with Gasteiger partial charge < -0.3 is 19.3 Å². The van der Waals surface area contributed by atoms with Crippen molar-refractivity contribution in [2.24, 2.45) is 0 Å². The van der Waals surface area contributed by atoms with E-state index in [9.17, 15) is 5.11 Å². The summed E-state index contributed by atoms with van der Waals surface area (Å²) in [6.07, 6.45) is -0.655. The topological polar surface area (TPSA) is 47.9 Å². The summed E-state index contributed by atoms with van der Waals surface area (Å²) < 4.78 is 15.7. The van der Waals surface area contributed by atoms with Gasteiger partial charge in [-0.05, 0) is 35.4 Å². The molecule has 0 aliphatic carbocycles. The van der Waals surface area contributed by atoms with E-state index >= 15 is 0 Å². The third kappa shape index (κ3) is 3.52. The molecular weight excluding hydrogens is 280 g/mol. The molecule has 0 bridgehead atoms. The van der Waals surface area contributed by atoms with Crippen LogP contribution < -0.4 is 14.2 Å². The Morgan fingerprint density at radius 3 is 1.68 bits per heavy atom. The van der Waals surface area contributed by atoms with Crippen LogP contribution in [0.2, 0.25) is 0 Å². The minimum absolute atomic E-state index is 0.0669. The van der Waals surface area contributed by atoms with Crippen molar-refractivity contribution in [1.82, 2.24) is 0 Å². The first-order chi connectivity index (χ1) is 10.6. The molecule has 4 heteroatoms. The average molecular weight is 302 g/mol. The molecule has 0 fully saturated rings. The van der Waals surface area contributed by atoms with Crippen LogP contribution in [0.15, 0.2) is 42.5 Å². The largest absolute Gasteiger partial charge is 0.497 e. The van der Waals surface area contributed by atoms with Gasteiger partial charge in [0.1, 0.15) is 17.2 Å². The minimum Gasteiger partial charge on any atom is -0.497 e. The van der Waals surface area contributed by atoms with Crippen molar-refractivity contribution in [2.45, 2.75) is 18.9 Å². The van der Waals surface area contributed by atoms with E-state index in [-0.39, 0.29) is 5.92 Å². The van der Waals surface area contributed by atoms with Gasteiger partial charge in [-0.15, -0.1) is 0 Å². The molecule has 0 saturated heterocycles. The Labute approximate surface area is 131 Å². The first kappa shape index (κ1) is 16.2. The predicted molar refractivity (Wildman–Crippen MR) is 85.9 cm³/mol. The summed E-state index contributed by atoms with van der Waals surface area (Å²) in [7, 11) is 4.82. The maximum atomic E-state index is 10.7. The van der Waals surface area contributed by atoms with E-state index in [2.05, 4.69) is 0 Å². The number of hydrogen-bond acceptors (Lipinski definition) is 4. The van der Waals surface area contributed by atoms with E-state index in [0.29, 0.717) is 11.5 Å². The molecule has 0 aromatic heterocycles. The molecule has 0 radical (unpaired) electrons. The van der Waals surface area contributed by atoms with Crippen molar-refractivity contribution >= 4 is 0 Å². The van der Waals surface area contributed by atoms with E-state index in [1.54, 1.807) is 27.4 Å². The summed E-state index contributed by atoms with van der Waals surface area (Å²) in [5.41, 5.74) is 1.80. The lowest BCUT2D eigenvalue weighted by molar-refractivity contribution is 0.151. The fourth-order valence-corrected chi connectivity index (χ4v) is 2.38. The number of hydrogen-bond donors (Lipinski definition) is 1. The highest BCUT2D eigenvalue weighted by molar-refractivity contribution is 5.41. The molecule has 0 aliphatic rings. The summed E-state index contributed by atoms with van der Waals surface area (Å²) >= 11 is 0. The molecule has 0 aliphatic heterocycles. The van der Waals surface area contributed by atoms with Gasteiger partial charge in [-0.1, -0.05) is 19.1 Å². The molecular formula is C18H22O4. The number of rotatable bonds is 6. The Balaban J connectivity index is 2.27. The van der Waals surface area contributed by atoms with Crippen molar-refractivity contribution in [3.8, 4) is 17.2 Å². The Hall–Kier alpha value is -2.20. The zero-order valence-electron chi connectivity index (χ0n) is 13.4. The van der Waals surface area contributed by atoms with Crippen LogP contribution in [0, 0.1) is 0 Å². The van der Waals surface area contributed by atoms with Gasteiger partial charge in [-0.25, -0.2) is 0 Å². The van der Waals surface area contributed by atoms with E-state index in [1.807, 2.05) is 43.3 Å². The zero-order valence-corrected chi connectivity index (χ0v) is 13.4.